The molecule has 0 saturated heterocycles. The van der Waals surface area contributed by atoms with E-state index in [1.165, 1.54) is 42.4 Å². The molecule has 0 radical (unpaired) electrons. The molecule has 74 valence electrons. The summed E-state index contributed by atoms with van der Waals surface area (Å²) in [5.74, 6) is 0. The van der Waals surface area contributed by atoms with E-state index in [0.717, 1.165) is 6.42 Å². The second-order valence-corrected chi connectivity index (χ2v) is 4.26. The van der Waals surface area contributed by atoms with Gasteiger partial charge in [0.15, 0.2) is 0 Å². The van der Waals surface area contributed by atoms with Crippen molar-refractivity contribution in [3.05, 3.63) is 47.1 Å². The number of rotatable bonds is 1. The Hall–Kier alpha value is -1.04. The summed E-state index contributed by atoms with van der Waals surface area (Å²) in [5.41, 5.74) is 4.44. The molecule has 0 aromatic rings. The number of allylic oxidation sites excluding steroid dienone is 8. The highest BCUT2D eigenvalue weighted by Gasteiger charge is 2.03. The Labute approximate surface area is 86.7 Å². The maximum atomic E-state index is 2.38. The predicted molar refractivity (Wildman–Crippen MR) is 62.1 cm³/mol. The van der Waals surface area contributed by atoms with E-state index < -0.39 is 0 Å². The van der Waals surface area contributed by atoms with Crippen molar-refractivity contribution in [2.75, 3.05) is 0 Å². The standard InChI is InChI=1S/C14H18/c1-12-6-2-3-9-14(10-12)11-13-7-4-5-8-13/h4,7-8,10-11H,2-3,5-6,9H2,1H3/b14-11+. The molecule has 0 aromatic heterocycles. The van der Waals surface area contributed by atoms with Crippen molar-refractivity contribution in [1.29, 1.82) is 0 Å². The van der Waals surface area contributed by atoms with E-state index >= 15 is 0 Å². The first-order chi connectivity index (χ1) is 6.84. The van der Waals surface area contributed by atoms with E-state index in [1.807, 2.05) is 0 Å². The van der Waals surface area contributed by atoms with Crippen LogP contribution in [-0.2, 0) is 0 Å². The minimum Gasteiger partial charge on any atom is -0.0801 e. The molecule has 2 aliphatic carbocycles. The normalized spacial score (nSPS) is 24.8. The molecule has 0 fully saturated rings. The summed E-state index contributed by atoms with van der Waals surface area (Å²) < 4.78 is 0. The van der Waals surface area contributed by atoms with E-state index in [2.05, 4.69) is 37.3 Å². The third kappa shape index (κ3) is 2.47. The fourth-order valence-corrected chi connectivity index (χ4v) is 2.11. The quantitative estimate of drug-likeness (QED) is 0.572. The highest BCUT2D eigenvalue weighted by atomic mass is 14.1. The molecule has 0 saturated carbocycles. The first kappa shape index (κ1) is 9.51. The largest absolute Gasteiger partial charge is 0.0801 e. The average Bonchev–Trinajstić information content (AvgIpc) is 2.56. The zero-order chi connectivity index (χ0) is 9.80. The first-order valence-electron chi connectivity index (χ1n) is 5.59. The third-order valence-corrected chi connectivity index (χ3v) is 2.87. The van der Waals surface area contributed by atoms with Gasteiger partial charge < -0.3 is 0 Å². The SMILES string of the molecule is CC1=C/C(=C/C2=CCC=C2)CCCC1. The van der Waals surface area contributed by atoms with Gasteiger partial charge in [-0.25, -0.2) is 0 Å². The smallest absolute Gasteiger partial charge is 0.0157 e. The van der Waals surface area contributed by atoms with Gasteiger partial charge in [0.25, 0.3) is 0 Å². The van der Waals surface area contributed by atoms with Gasteiger partial charge in [0.1, 0.15) is 0 Å². The summed E-state index contributed by atoms with van der Waals surface area (Å²) >= 11 is 0. The van der Waals surface area contributed by atoms with Gasteiger partial charge in [-0.3, -0.25) is 0 Å². The van der Waals surface area contributed by atoms with Gasteiger partial charge in [0.2, 0.25) is 0 Å². The van der Waals surface area contributed by atoms with Crippen LogP contribution < -0.4 is 0 Å². The Morgan fingerprint density at radius 2 is 2.07 bits per heavy atom. The molecule has 0 heterocycles. The fourth-order valence-electron chi connectivity index (χ4n) is 2.11. The molecule has 0 N–H and O–H groups in total. The Kier molecular flexibility index (Phi) is 3.03. The van der Waals surface area contributed by atoms with Crippen LogP contribution in [0.4, 0.5) is 0 Å². The molecule has 2 aliphatic rings. The van der Waals surface area contributed by atoms with Crippen molar-refractivity contribution < 1.29 is 0 Å². The Bertz CT molecular complexity index is 324. The van der Waals surface area contributed by atoms with E-state index in [0.29, 0.717) is 0 Å². The monoisotopic (exact) mass is 186 g/mol. The summed E-state index contributed by atoms with van der Waals surface area (Å²) in [6.07, 6.45) is 17.8. The van der Waals surface area contributed by atoms with Gasteiger partial charge in [0, 0.05) is 0 Å². The van der Waals surface area contributed by atoms with E-state index in [9.17, 15) is 0 Å². The van der Waals surface area contributed by atoms with Gasteiger partial charge in [-0.15, -0.1) is 0 Å². The molecular weight excluding hydrogens is 168 g/mol. The lowest BCUT2D eigenvalue weighted by molar-refractivity contribution is 0.750. The Morgan fingerprint density at radius 1 is 1.21 bits per heavy atom. The van der Waals surface area contributed by atoms with Crippen LogP contribution in [0.2, 0.25) is 0 Å². The molecule has 0 nitrogen and oxygen atoms in total. The van der Waals surface area contributed by atoms with Crippen LogP contribution in [-0.4, -0.2) is 0 Å². The molecule has 0 aliphatic heterocycles. The zero-order valence-corrected chi connectivity index (χ0v) is 8.92. The Morgan fingerprint density at radius 3 is 2.86 bits per heavy atom. The van der Waals surface area contributed by atoms with Crippen molar-refractivity contribution in [3.8, 4) is 0 Å². The molecule has 2 rings (SSSR count). The zero-order valence-electron chi connectivity index (χ0n) is 8.92. The lowest BCUT2D eigenvalue weighted by Crippen LogP contribution is -1.79. The average molecular weight is 186 g/mol. The maximum absolute atomic E-state index is 2.38. The highest BCUT2D eigenvalue weighted by Crippen LogP contribution is 2.23. The lowest BCUT2D eigenvalue weighted by atomic mass is 10.1. The summed E-state index contributed by atoms with van der Waals surface area (Å²) in [7, 11) is 0. The molecule has 14 heavy (non-hydrogen) atoms. The summed E-state index contributed by atoms with van der Waals surface area (Å²) in [4.78, 5) is 0. The third-order valence-electron chi connectivity index (χ3n) is 2.87. The molecule has 0 spiro atoms. The fraction of sp³-hybridized carbons (Fsp3) is 0.429. The highest BCUT2D eigenvalue weighted by molar-refractivity contribution is 5.41. The molecule has 0 heteroatoms. The number of hydrogen-bond donors (Lipinski definition) is 0. The van der Waals surface area contributed by atoms with Crippen LogP contribution in [0, 0.1) is 0 Å². The van der Waals surface area contributed by atoms with Crippen molar-refractivity contribution in [3.63, 3.8) is 0 Å². The van der Waals surface area contributed by atoms with E-state index in [4.69, 9.17) is 0 Å². The van der Waals surface area contributed by atoms with Crippen LogP contribution in [0.3, 0.4) is 0 Å². The van der Waals surface area contributed by atoms with Crippen molar-refractivity contribution in [2.45, 2.75) is 39.0 Å². The van der Waals surface area contributed by atoms with Gasteiger partial charge in [-0.05, 0) is 50.2 Å². The van der Waals surface area contributed by atoms with Gasteiger partial charge >= 0.3 is 0 Å². The Balaban J connectivity index is 2.15. The maximum Gasteiger partial charge on any atom is -0.0157 e. The first-order valence-corrected chi connectivity index (χ1v) is 5.59. The van der Waals surface area contributed by atoms with Crippen LogP contribution in [0.25, 0.3) is 0 Å². The van der Waals surface area contributed by atoms with Crippen molar-refractivity contribution >= 4 is 0 Å². The van der Waals surface area contributed by atoms with Gasteiger partial charge in [0.05, 0.1) is 0 Å². The molecule has 0 atom stereocenters. The minimum atomic E-state index is 1.11. The minimum absolute atomic E-state index is 1.11. The van der Waals surface area contributed by atoms with E-state index in [1.54, 1.807) is 0 Å². The van der Waals surface area contributed by atoms with Crippen molar-refractivity contribution in [1.82, 2.24) is 0 Å². The van der Waals surface area contributed by atoms with Gasteiger partial charge in [-0.2, -0.15) is 0 Å². The van der Waals surface area contributed by atoms with Crippen molar-refractivity contribution in [2.24, 2.45) is 0 Å². The second kappa shape index (κ2) is 4.45. The molecular formula is C14H18. The summed E-state index contributed by atoms with van der Waals surface area (Å²) in [6, 6.07) is 0. The van der Waals surface area contributed by atoms with Crippen LogP contribution in [0.15, 0.2) is 47.1 Å². The summed E-state index contributed by atoms with van der Waals surface area (Å²) in [6.45, 7) is 2.25. The summed E-state index contributed by atoms with van der Waals surface area (Å²) in [5, 5.41) is 0. The van der Waals surface area contributed by atoms with Crippen LogP contribution in [0.1, 0.15) is 39.0 Å². The topological polar surface area (TPSA) is 0 Å². The molecule has 0 amide bonds. The molecule has 0 bridgehead atoms. The molecule has 0 unspecified atom stereocenters. The van der Waals surface area contributed by atoms with Crippen LogP contribution in [0.5, 0.6) is 0 Å². The predicted octanol–water partition coefficient (Wildman–Crippen LogP) is 4.32. The van der Waals surface area contributed by atoms with Gasteiger partial charge in [-0.1, -0.05) is 36.0 Å². The van der Waals surface area contributed by atoms with Crippen LogP contribution >= 0.6 is 0 Å². The molecule has 0 aromatic carbocycles. The number of hydrogen-bond acceptors (Lipinski definition) is 0. The van der Waals surface area contributed by atoms with E-state index in [-0.39, 0.29) is 0 Å². The lowest BCUT2D eigenvalue weighted by Gasteiger charge is -1.99. The second-order valence-electron chi connectivity index (χ2n) is 4.26.